The van der Waals surface area contributed by atoms with E-state index in [1.54, 1.807) is 0 Å². The minimum atomic E-state index is -1.96. The molecule has 3 aliphatic heterocycles. The molecule has 0 aromatic heterocycles. The molecule has 222 valence electrons. The summed E-state index contributed by atoms with van der Waals surface area (Å²) in [7, 11) is -1.96. The zero-order valence-corrected chi connectivity index (χ0v) is 26.7. The summed E-state index contributed by atoms with van der Waals surface area (Å²) in [6, 6.07) is 13.6. The van der Waals surface area contributed by atoms with Crippen LogP contribution in [0.1, 0.15) is 86.1 Å². The van der Waals surface area contributed by atoms with Gasteiger partial charge in [-0.2, -0.15) is 0 Å². The summed E-state index contributed by atoms with van der Waals surface area (Å²) >= 11 is 0. The van der Waals surface area contributed by atoms with Gasteiger partial charge in [-0.05, 0) is 70.2 Å². The van der Waals surface area contributed by atoms with E-state index in [0.717, 1.165) is 55.8 Å². The average molecular weight is 571 g/mol. The molecule has 3 heterocycles. The molecule has 6 nitrogen and oxygen atoms in total. The number of benzene rings is 1. The summed E-state index contributed by atoms with van der Waals surface area (Å²) in [5.41, 5.74) is -0.955. The van der Waals surface area contributed by atoms with Crippen molar-refractivity contribution in [2.45, 2.75) is 140 Å². The Labute approximate surface area is 241 Å². The highest BCUT2D eigenvalue weighted by Gasteiger charge is 2.88. The fourth-order valence-electron chi connectivity index (χ4n) is 9.50. The van der Waals surface area contributed by atoms with Crippen molar-refractivity contribution in [1.82, 2.24) is 0 Å². The molecule has 1 aromatic rings. The molecule has 0 N–H and O–H groups in total. The third-order valence-corrected chi connectivity index (χ3v) is 17.3. The van der Waals surface area contributed by atoms with Crippen molar-refractivity contribution in [3.8, 4) is 0 Å². The van der Waals surface area contributed by atoms with Crippen molar-refractivity contribution in [3.05, 3.63) is 35.9 Å². The van der Waals surface area contributed by atoms with Crippen molar-refractivity contribution < 1.29 is 28.2 Å². The molecule has 3 saturated heterocycles. The van der Waals surface area contributed by atoms with Gasteiger partial charge in [0.1, 0.15) is 17.3 Å². The highest BCUT2D eigenvalue weighted by molar-refractivity contribution is 6.73. The van der Waals surface area contributed by atoms with Gasteiger partial charge in [-0.15, -0.1) is 0 Å². The van der Waals surface area contributed by atoms with Gasteiger partial charge in [-0.3, -0.25) is 4.79 Å². The Kier molecular flexibility index (Phi) is 6.95. The van der Waals surface area contributed by atoms with Gasteiger partial charge in [0.05, 0.1) is 36.4 Å². The summed E-state index contributed by atoms with van der Waals surface area (Å²) < 4.78 is 33.9. The number of esters is 1. The van der Waals surface area contributed by atoms with E-state index in [9.17, 15) is 4.79 Å². The number of carbonyl (C=O) groups excluding carboxylic acids is 1. The smallest absolute Gasteiger partial charge is 0.312 e. The molecule has 1 aromatic carbocycles. The minimum Gasteiger partial charge on any atom is -0.465 e. The fraction of sp³-hybridized carbons (Fsp3) is 0.788. The van der Waals surface area contributed by atoms with Crippen molar-refractivity contribution in [2.75, 3.05) is 6.61 Å². The van der Waals surface area contributed by atoms with Gasteiger partial charge < -0.3 is 23.4 Å². The van der Waals surface area contributed by atoms with E-state index in [0.29, 0.717) is 13.2 Å². The molecule has 5 aliphatic rings. The van der Waals surface area contributed by atoms with Crippen LogP contribution in [-0.4, -0.2) is 56.0 Å². The van der Waals surface area contributed by atoms with Crippen LogP contribution in [0, 0.1) is 16.7 Å². The van der Waals surface area contributed by atoms with Gasteiger partial charge in [-0.25, -0.2) is 0 Å². The molecule has 0 bridgehead atoms. The topological polar surface area (TPSA) is 66.5 Å². The van der Waals surface area contributed by atoms with E-state index in [1.165, 1.54) is 0 Å². The normalized spacial score (nSPS) is 42.3. The van der Waals surface area contributed by atoms with Crippen LogP contribution in [0.5, 0.6) is 0 Å². The van der Waals surface area contributed by atoms with Gasteiger partial charge >= 0.3 is 5.97 Å². The molecule has 40 heavy (non-hydrogen) atoms. The Morgan fingerprint density at radius 2 is 1.73 bits per heavy atom. The van der Waals surface area contributed by atoms with Gasteiger partial charge in [-0.1, -0.05) is 58.0 Å². The third-order valence-electron chi connectivity index (χ3n) is 12.6. The van der Waals surface area contributed by atoms with Crippen LogP contribution in [0.25, 0.3) is 0 Å². The number of hydrogen-bond acceptors (Lipinski definition) is 6. The minimum absolute atomic E-state index is 0.0245. The molecule has 2 saturated carbocycles. The van der Waals surface area contributed by atoms with Crippen LogP contribution >= 0.6 is 0 Å². The second-order valence-electron chi connectivity index (χ2n) is 14.3. The monoisotopic (exact) mass is 570 g/mol. The molecule has 8 atom stereocenters. The first-order chi connectivity index (χ1) is 19.0. The lowest BCUT2D eigenvalue weighted by Gasteiger charge is -2.59. The maximum absolute atomic E-state index is 13.3. The summed E-state index contributed by atoms with van der Waals surface area (Å²) in [6.07, 6.45) is 4.18. The number of carbonyl (C=O) groups is 1. The average Bonchev–Trinajstić information content (AvgIpc) is 3.52. The lowest BCUT2D eigenvalue weighted by Crippen LogP contribution is -2.68. The summed E-state index contributed by atoms with van der Waals surface area (Å²) in [5, 5.41) is 0. The maximum Gasteiger partial charge on any atom is 0.312 e. The SMILES string of the molecule is CC[Si](CC)(CC)O[C@@H]1C[C@]23O[C@]24CC[C@H]2COC(=O)[C@]2(C)[C@@]4(C)CC[C@@H]3O[C@@H]1C(C)(C)OCc1ccccc1. The van der Waals surface area contributed by atoms with E-state index in [4.69, 9.17) is 23.4 Å². The maximum atomic E-state index is 13.3. The second kappa shape index (κ2) is 9.63. The van der Waals surface area contributed by atoms with Gasteiger partial charge in [0.2, 0.25) is 0 Å². The van der Waals surface area contributed by atoms with E-state index in [2.05, 4.69) is 72.7 Å². The molecule has 7 heteroatoms. The second-order valence-corrected chi connectivity index (χ2v) is 19.0. The Morgan fingerprint density at radius 1 is 1.02 bits per heavy atom. The Morgan fingerprint density at radius 3 is 2.40 bits per heavy atom. The predicted molar refractivity (Wildman–Crippen MR) is 156 cm³/mol. The predicted octanol–water partition coefficient (Wildman–Crippen LogP) is 6.81. The number of epoxide rings is 1. The quantitative estimate of drug-likeness (QED) is 0.185. The number of ether oxygens (including phenoxy) is 4. The number of fused-ring (bicyclic) bond motifs is 2. The third kappa shape index (κ3) is 3.76. The van der Waals surface area contributed by atoms with Crippen LogP contribution in [0.3, 0.4) is 0 Å². The molecule has 0 unspecified atom stereocenters. The highest BCUT2D eigenvalue weighted by Crippen LogP contribution is 2.79. The zero-order valence-electron chi connectivity index (χ0n) is 25.7. The van der Waals surface area contributed by atoms with Gasteiger partial charge in [0, 0.05) is 17.8 Å². The number of cyclic esters (lactones) is 1. The molecule has 2 spiro atoms. The van der Waals surface area contributed by atoms with Crippen molar-refractivity contribution in [2.24, 2.45) is 16.7 Å². The molecule has 2 aliphatic carbocycles. The lowest BCUT2D eigenvalue weighted by atomic mass is 9.43. The standard InChI is InChI=1S/C33H50O6Si/c1-8-40(9-2,10-3)38-25-20-32-26(37-27(25)29(4,5)36-21-23-14-12-11-13-15-23)17-18-30(6)31(7)24(22-35-28(31)34)16-19-33(30,32)39-32/h11-15,24-27H,8-10,16-22H2,1-7H3/t24-,25+,26-,27-,30+,31+,32+,33-/m0/s1. The van der Waals surface area contributed by atoms with E-state index >= 15 is 0 Å². The molecule has 6 rings (SSSR count). The largest absolute Gasteiger partial charge is 0.465 e. The fourth-order valence-corrected chi connectivity index (χ4v) is 12.3. The van der Waals surface area contributed by atoms with Crippen molar-refractivity contribution in [3.63, 3.8) is 0 Å². The van der Waals surface area contributed by atoms with E-state index < -0.39 is 24.9 Å². The molecular formula is C33H50O6Si. The number of rotatable bonds is 9. The Balaban J connectivity index is 1.33. The first-order valence-electron chi connectivity index (χ1n) is 15.8. The first-order valence-corrected chi connectivity index (χ1v) is 18.4. The summed E-state index contributed by atoms with van der Waals surface area (Å²) in [6.45, 7) is 16.8. The van der Waals surface area contributed by atoms with Crippen LogP contribution in [0.4, 0.5) is 0 Å². The molecule has 5 fully saturated rings. The van der Waals surface area contributed by atoms with Gasteiger partial charge in [0.25, 0.3) is 0 Å². The van der Waals surface area contributed by atoms with E-state index in [-0.39, 0.29) is 41.2 Å². The van der Waals surface area contributed by atoms with Crippen molar-refractivity contribution >= 4 is 14.3 Å². The summed E-state index contributed by atoms with van der Waals surface area (Å²) in [5.74, 6) is 0.235. The zero-order chi connectivity index (χ0) is 28.6. The van der Waals surface area contributed by atoms with Crippen LogP contribution < -0.4 is 0 Å². The Hall–Kier alpha value is -1.25. The number of hydrogen-bond donors (Lipinski definition) is 0. The molecular weight excluding hydrogens is 520 g/mol. The molecule has 0 amide bonds. The van der Waals surface area contributed by atoms with E-state index in [1.807, 2.05) is 6.07 Å². The summed E-state index contributed by atoms with van der Waals surface area (Å²) in [4.78, 5) is 13.3. The van der Waals surface area contributed by atoms with Crippen LogP contribution in [0.15, 0.2) is 30.3 Å². The van der Waals surface area contributed by atoms with Crippen LogP contribution in [-0.2, 0) is 34.8 Å². The van der Waals surface area contributed by atoms with Crippen molar-refractivity contribution in [1.29, 1.82) is 0 Å². The lowest BCUT2D eigenvalue weighted by molar-refractivity contribution is -0.234. The Bertz CT molecular complexity index is 1110. The molecule has 0 radical (unpaired) electrons. The highest BCUT2D eigenvalue weighted by atomic mass is 28.4. The van der Waals surface area contributed by atoms with Gasteiger partial charge in [0.15, 0.2) is 8.32 Å². The van der Waals surface area contributed by atoms with Crippen LogP contribution in [0.2, 0.25) is 18.1 Å². The first kappa shape index (κ1) is 28.8.